The van der Waals surface area contributed by atoms with Gasteiger partial charge in [0.2, 0.25) is 0 Å². The normalized spacial score (nSPS) is 12.4. The van der Waals surface area contributed by atoms with E-state index in [0.717, 1.165) is 10.8 Å². The number of para-hydroxylation sites is 2. The molecule has 0 aliphatic carbocycles. The molecule has 7 nitrogen and oxygen atoms in total. The number of aliphatic carboxylic acids is 1. The highest BCUT2D eigenvalue weighted by Crippen LogP contribution is 2.37. The van der Waals surface area contributed by atoms with Crippen molar-refractivity contribution in [3.63, 3.8) is 0 Å². The van der Waals surface area contributed by atoms with Crippen LogP contribution in [0, 0.1) is 11.6 Å². The number of fused-ring (bicyclic) bond motifs is 3. The van der Waals surface area contributed by atoms with E-state index in [4.69, 9.17) is 13.9 Å². The van der Waals surface area contributed by atoms with Crippen LogP contribution in [0.2, 0.25) is 0 Å². The number of halogens is 2. The molecule has 0 fully saturated rings. The van der Waals surface area contributed by atoms with E-state index in [1.807, 2.05) is 36.4 Å². The number of hydrogen-bond acceptors (Lipinski definition) is 5. The predicted octanol–water partition coefficient (Wildman–Crippen LogP) is 7.69. The Morgan fingerprint density at radius 3 is 2.26 bits per heavy atom. The Balaban J connectivity index is 1.29. The van der Waals surface area contributed by atoms with E-state index >= 15 is 4.39 Å². The monoisotopic (exact) mass is 573 g/mol. The van der Waals surface area contributed by atoms with E-state index in [1.165, 1.54) is 18.2 Å². The molecule has 0 saturated carbocycles. The van der Waals surface area contributed by atoms with Gasteiger partial charge >= 0.3 is 12.1 Å². The molecule has 0 saturated heterocycles. The maximum atomic E-state index is 15.4. The smallest absolute Gasteiger partial charge is 0.408 e. The molecule has 216 valence electrons. The molecule has 4 aromatic carbocycles. The van der Waals surface area contributed by atoms with Gasteiger partial charge in [0.15, 0.2) is 6.04 Å². The molecule has 2 N–H and O–H groups in total. The fourth-order valence-corrected chi connectivity index (χ4v) is 4.63. The van der Waals surface area contributed by atoms with Crippen molar-refractivity contribution >= 4 is 34.0 Å². The van der Waals surface area contributed by atoms with Crippen LogP contribution in [0.25, 0.3) is 44.2 Å². The van der Waals surface area contributed by atoms with Crippen molar-refractivity contribution in [1.82, 2.24) is 5.32 Å². The van der Waals surface area contributed by atoms with Gasteiger partial charge in [-0.1, -0.05) is 60.7 Å². The molecule has 9 heteroatoms. The van der Waals surface area contributed by atoms with Crippen LogP contribution in [0.5, 0.6) is 0 Å². The number of hydrogen-bond donors (Lipinski definition) is 2. The van der Waals surface area contributed by atoms with Gasteiger partial charge in [0.05, 0.1) is 13.2 Å². The topological polar surface area (TPSA) is 98.0 Å². The molecule has 42 heavy (non-hydrogen) atoms. The second-order valence-corrected chi connectivity index (χ2v) is 10.8. The minimum atomic E-state index is -1.38. The highest BCUT2D eigenvalue weighted by Gasteiger charge is 2.24. The molecule has 5 rings (SSSR count). The highest BCUT2D eigenvalue weighted by atomic mass is 19.1. The summed E-state index contributed by atoms with van der Waals surface area (Å²) >= 11 is 0. The van der Waals surface area contributed by atoms with Gasteiger partial charge in [0.25, 0.3) is 0 Å². The third kappa shape index (κ3) is 6.26. The average molecular weight is 574 g/mol. The number of rotatable bonds is 8. The number of alkyl carbamates (subject to hydrolysis) is 1. The van der Waals surface area contributed by atoms with Gasteiger partial charge in [0, 0.05) is 27.5 Å². The molecule has 0 spiro atoms. The SMILES string of the molecule is CC(C)(C)OC(=O)NC(COCc1ccc(-c2ccc(-c3cccc4c3oc3ccccc34)c(F)c2)cc1F)C(=O)O. The van der Waals surface area contributed by atoms with Gasteiger partial charge in [0.1, 0.15) is 28.4 Å². The first-order valence-electron chi connectivity index (χ1n) is 13.3. The van der Waals surface area contributed by atoms with E-state index < -0.39 is 41.9 Å². The third-order valence-electron chi connectivity index (χ3n) is 6.58. The Kier molecular flexibility index (Phi) is 7.95. The number of carbonyl (C=O) groups excluding carboxylic acids is 1. The number of benzene rings is 4. The number of furan rings is 1. The fraction of sp³-hybridized carbons (Fsp3) is 0.212. The van der Waals surface area contributed by atoms with Crippen LogP contribution < -0.4 is 5.32 Å². The van der Waals surface area contributed by atoms with Crippen molar-refractivity contribution in [2.24, 2.45) is 0 Å². The summed E-state index contributed by atoms with van der Waals surface area (Å²) in [4.78, 5) is 23.4. The second kappa shape index (κ2) is 11.6. The molecule has 0 bridgehead atoms. The van der Waals surface area contributed by atoms with Crippen LogP contribution in [0.15, 0.2) is 83.3 Å². The number of amides is 1. The Hall–Kier alpha value is -4.76. The Morgan fingerprint density at radius 1 is 0.881 bits per heavy atom. The van der Waals surface area contributed by atoms with Gasteiger partial charge in [-0.15, -0.1) is 0 Å². The van der Waals surface area contributed by atoms with Crippen LogP contribution in [-0.4, -0.2) is 35.4 Å². The Morgan fingerprint density at radius 2 is 1.57 bits per heavy atom. The Labute approximate surface area is 240 Å². The summed E-state index contributed by atoms with van der Waals surface area (Å²) in [6, 6.07) is 20.9. The summed E-state index contributed by atoms with van der Waals surface area (Å²) in [5.41, 5.74) is 2.60. The van der Waals surface area contributed by atoms with Crippen molar-refractivity contribution in [2.45, 2.75) is 39.0 Å². The number of nitrogens with one attached hydrogen (secondary N) is 1. The first-order valence-corrected chi connectivity index (χ1v) is 13.3. The minimum Gasteiger partial charge on any atom is -0.480 e. The largest absolute Gasteiger partial charge is 0.480 e. The lowest BCUT2D eigenvalue weighted by Crippen LogP contribution is -2.46. The first-order chi connectivity index (χ1) is 20.0. The molecule has 1 atom stereocenters. The number of ether oxygens (including phenoxy) is 2. The van der Waals surface area contributed by atoms with Crippen LogP contribution >= 0.6 is 0 Å². The van der Waals surface area contributed by atoms with E-state index in [1.54, 1.807) is 45.0 Å². The molecule has 1 aromatic heterocycles. The zero-order valence-electron chi connectivity index (χ0n) is 23.2. The second-order valence-electron chi connectivity index (χ2n) is 10.8. The summed E-state index contributed by atoms with van der Waals surface area (Å²) in [5, 5.41) is 13.4. The number of carboxylic acid groups (broad SMARTS) is 1. The van der Waals surface area contributed by atoms with E-state index in [9.17, 15) is 19.1 Å². The van der Waals surface area contributed by atoms with Crippen molar-refractivity contribution in [1.29, 1.82) is 0 Å². The van der Waals surface area contributed by atoms with Gasteiger partial charge in [-0.25, -0.2) is 18.4 Å². The molecule has 1 unspecified atom stereocenters. The molecular formula is C33H29F2NO6. The molecule has 1 amide bonds. The maximum absolute atomic E-state index is 15.4. The first kappa shape index (κ1) is 28.8. The molecule has 0 aliphatic rings. The molecule has 5 aromatic rings. The maximum Gasteiger partial charge on any atom is 0.408 e. The number of carbonyl (C=O) groups is 2. The molecule has 0 aliphatic heterocycles. The standard InChI is InChI=1S/C33H29F2NO6/c1-33(2,3)42-32(39)36-28(31(37)38)18-40-17-21-12-11-19(15-26(21)34)20-13-14-22(27(35)16-20)24-8-6-9-25-23-7-4-5-10-29(23)41-30(24)25/h4-16,28H,17-18H2,1-3H3,(H,36,39)(H,37,38). The lowest BCUT2D eigenvalue weighted by Gasteiger charge is -2.22. The lowest BCUT2D eigenvalue weighted by atomic mass is 9.97. The van der Waals surface area contributed by atoms with Crippen LogP contribution in [0.4, 0.5) is 13.6 Å². The summed E-state index contributed by atoms with van der Waals surface area (Å²) in [6.45, 7) is 4.31. The molecule has 0 radical (unpaired) electrons. The lowest BCUT2D eigenvalue weighted by molar-refractivity contribution is -0.141. The summed E-state index contributed by atoms with van der Waals surface area (Å²) in [5.74, 6) is -2.40. The van der Waals surface area contributed by atoms with Gasteiger partial charge in [-0.05, 0) is 50.1 Å². The fourth-order valence-electron chi connectivity index (χ4n) is 4.63. The number of carboxylic acids is 1. The van der Waals surface area contributed by atoms with Crippen molar-refractivity contribution < 1.29 is 37.4 Å². The van der Waals surface area contributed by atoms with E-state index in [0.29, 0.717) is 33.4 Å². The van der Waals surface area contributed by atoms with Gasteiger partial charge < -0.3 is 24.3 Å². The third-order valence-corrected chi connectivity index (χ3v) is 6.58. The molecule has 1 heterocycles. The zero-order chi connectivity index (χ0) is 30.0. The molecular weight excluding hydrogens is 544 g/mol. The van der Waals surface area contributed by atoms with Crippen LogP contribution in [-0.2, 0) is 20.9 Å². The van der Waals surface area contributed by atoms with Crippen molar-refractivity contribution in [2.75, 3.05) is 6.61 Å². The van der Waals surface area contributed by atoms with E-state index in [2.05, 4.69) is 5.32 Å². The van der Waals surface area contributed by atoms with Crippen LogP contribution in [0.3, 0.4) is 0 Å². The summed E-state index contributed by atoms with van der Waals surface area (Å²) in [6.07, 6.45) is -0.901. The van der Waals surface area contributed by atoms with Crippen molar-refractivity contribution in [3.05, 3.63) is 96.1 Å². The predicted molar refractivity (Wildman–Crippen MR) is 155 cm³/mol. The Bertz CT molecular complexity index is 1790. The summed E-state index contributed by atoms with van der Waals surface area (Å²) < 4.78 is 46.9. The van der Waals surface area contributed by atoms with Gasteiger partial charge in [-0.3, -0.25) is 0 Å². The van der Waals surface area contributed by atoms with Gasteiger partial charge in [-0.2, -0.15) is 0 Å². The van der Waals surface area contributed by atoms with E-state index in [-0.39, 0.29) is 12.2 Å². The zero-order valence-corrected chi connectivity index (χ0v) is 23.2. The minimum absolute atomic E-state index is 0.175. The average Bonchev–Trinajstić information content (AvgIpc) is 3.31. The van der Waals surface area contributed by atoms with Crippen molar-refractivity contribution in [3.8, 4) is 22.3 Å². The van der Waals surface area contributed by atoms with Crippen LogP contribution in [0.1, 0.15) is 26.3 Å². The quantitative estimate of drug-likeness (QED) is 0.198. The summed E-state index contributed by atoms with van der Waals surface area (Å²) in [7, 11) is 0. The highest BCUT2D eigenvalue weighted by molar-refractivity contribution is 6.09.